The highest BCUT2D eigenvalue weighted by Gasteiger charge is 2.77. The van der Waals surface area contributed by atoms with Gasteiger partial charge in [0.25, 0.3) is 0 Å². The van der Waals surface area contributed by atoms with E-state index in [2.05, 4.69) is 0 Å². The van der Waals surface area contributed by atoms with Crippen LogP contribution in [0, 0.1) is 11.8 Å². The number of phenolic OH excluding ortho intramolecular Hbond substituents is 3. The van der Waals surface area contributed by atoms with Crippen molar-refractivity contribution < 1.29 is 98.2 Å². The molecule has 3 saturated heterocycles. The van der Waals surface area contributed by atoms with E-state index in [4.69, 9.17) is 42.6 Å². The number of benzene rings is 2. The number of carbonyl (C=O) groups excluding carboxylic acids is 2. The van der Waals surface area contributed by atoms with E-state index in [1.165, 1.54) is 68.8 Å². The predicted molar refractivity (Wildman–Crippen MR) is 198 cm³/mol. The number of aliphatic hydroxyl groups is 6. The normalized spacial score (nSPS) is 38.2. The van der Waals surface area contributed by atoms with Gasteiger partial charge in [0, 0.05) is 18.1 Å². The van der Waals surface area contributed by atoms with Crippen molar-refractivity contribution in [1.82, 2.24) is 0 Å². The lowest BCUT2D eigenvalue weighted by atomic mass is 9.85. The number of hydrogen-bond acceptors (Lipinski definition) is 20. The van der Waals surface area contributed by atoms with Gasteiger partial charge in [0.2, 0.25) is 6.29 Å². The molecular weight excluding hydrogens is 800 g/mol. The lowest BCUT2D eigenvalue weighted by Gasteiger charge is -2.44. The Hall–Kier alpha value is -4.84. The SMILES string of the molecule is COc1cc(/C=C/C(=O)O[C@H]2[C@H](O)[C@H](C)O[C@H](O[C@H]3[C@H]4C=CO[C@@H](O[C@@H]5O[C@H](CO)[C@@H](O)[C@H](O)[C@@H]5O)[C@@H]4[C@@]4(CO)O[C@@H]34)[C@@H]2OC(=O)/C=C/c2ccc(O)c(O)c2)ccc1O. The molecule has 1 saturated carbocycles. The molecule has 0 spiro atoms. The van der Waals surface area contributed by atoms with Crippen LogP contribution in [0.4, 0.5) is 0 Å². The highest BCUT2D eigenvalue weighted by Crippen LogP contribution is 2.61. The van der Waals surface area contributed by atoms with Gasteiger partial charge in [0.15, 0.2) is 47.8 Å². The number of aliphatic hydroxyl groups excluding tert-OH is 6. The predicted octanol–water partition coefficient (Wildman–Crippen LogP) is -1.08. The van der Waals surface area contributed by atoms with Gasteiger partial charge in [-0.25, -0.2) is 9.59 Å². The summed E-state index contributed by atoms with van der Waals surface area (Å²) < 4.78 is 52.4. The summed E-state index contributed by atoms with van der Waals surface area (Å²) in [6.07, 6.45) is -11.2. The van der Waals surface area contributed by atoms with Crippen molar-refractivity contribution in [3.8, 4) is 23.0 Å². The third-order valence-electron chi connectivity index (χ3n) is 11.2. The highest BCUT2D eigenvalue weighted by molar-refractivity contribution is 5.88. The first-order valence-electron chi connectivity index (χ1n) is 18.9. The molecule has 20 nitrogen and oxygen atoms in total. The van der Waals surface area contributed by atoms with E-state index in [1.807, 2.05) is 0 Å². The molecule has 4 aliphatic heterocycles. The third kappa shape index (κ3) is 8.41. The van der Waals surface area contributed by atoms with Crippen LogP contribution in [0.5, 0.6) is 23.0 Å². The van der Waals surface area contributed by atoms with Crippen LogP contribution in [0.1, 0.15) is 18.1 Å². The molecular formula is C40H46O20. The number of esters is 2. The molecule has 16 atom stereocenters. The van der Waals surface area contributed by atoms with Crippen molar-refractivity contribution in [3.63, 3.8) is 0 Å². The third-order valence-corrected chi connectivity index (χ3v) is 11.2. The summed E-state index contributed by atoms with van der Waals surface area (Å²) in [4.78, 5) is 26.7. The van der Waals surface area contributed by atoms with Gasteiger partial charge in [0.05, 0.1) is 44.7 Å². The minimum atomic E-state index is -1.77. The molecule has 2 aromatic rings. The van der Waals surface area contributed by atoms with Crippen molar-refractivity contribution in [2.45, 2.75) is 92.4 Å². The fraction of sp³-hybridized carbons (Fsp3) is 0.500. The largest absolute Gasteiger partial charge is 0.504 e. The number of ether oxygens (including phenoxy) is 9. The Morgan fingerprint density at radius 1 is 0.750 bits per heavy atom. The van der Waals surface area contributed by atoms with Crippen LogP contribution in [-0.4, -0.2) is 164 Å². The van der Waals surface area contributed by atoms with Gasteiger partial charge in [-0.05, 0) is 60.5 Å². The lowest BCUT2D eigenvalue weighted by molar-refractivity contribution is -0.347. The summed E-state index contributed by atoms with van der Waals surface area (Å²) in [5.41, 5.74) is -0.600. The Morgan fingerprint density at radius 3 is 2.07 bits per heavy atom. The van der Waals surface area contributed by atoms with Gasteiger partial charge in [-0.2, -0.15) is 0 Å². The summed E-state index contributed by atoms with van der Waals surface area (Å²) in [6.45, 7) is 0.193. The topological polar surface area (TPSA) is 303 Å². The lowest BCUT2D eigenvalue weighted by Crippen LogP contribution is -2.61. The zero-order valence-electron chi connectivity index (χ0n) is 32.0. The van der Waals surface area contributed by atoms with Crippen LogP contribution in [0.25, 0.3) is 12.2 Å². The second kappa shape index (κ2) is 17.6. The summed E-state index contributed by atoms with van der Waals surface area (Å²) in [6, 6.07) is 8.14. The van der Waals surface area contributed by atoms with Crippen molar-refractivity contribution in [1.29, 1.82) is 0 Å². The highest BCUT2D eigenvalue weighted by atomic mass is 16.8. The average molecular weight is 847 g/mol. The number of methoxy groups -OCH3 is 1. The molecule has 0 aromatic heterocycles. The van der Waals surface area contributed by atoms with Crippen molar-refractivity contribution in [2.75, 3.05) is 20.3 Å². The van der Waals surface area contributed by atoms with Crippen molar-refractivity contribution >= 4 is 24.1 Å². The number of phenols is 3. The molecule has 0 radical (unpaired) electrons. The monoisotopic (exact) mass is 846 g/mol. The summed E-state index contributed by atoms with van der Waals surface area (Å²) in [5, 5.41) is 92.4. The Labute approximate surface area is 341 Å². The fourth-order valence-electron chi connectivity index (χ4n) is 7.94. The van der Waals surface area contributed by atoms with Crippen LogP contribution in [0.15, 0.2) is 60.9 Å². The number of aromatic hydroxyl groups is 3. The molecule has 0 bridgehead atoms. The summed E-state index contributed by atoms with van der Waals surface area (Å²) in [7, 11) is 1.35. The first-order chi connectivity index (χ1) is 28.7. The van der Waals surface area contributed by atoms with Gasteiger partial charge in [-0.3, -0.25) is 0 Å². The van der Waals surface area contributed by atoms with E-state index >= 15 is 0 Å². The second-order valence-electron chi connectivity index (χ2n) is 14.9. The molecule has 326 valence electrons. The molecule has 20 heteroatoms. The molecule has 2 aromatic carbocycles. The maximum atomic E-state index is 13.4. The van der Waals surface area contributed by atoms with Gasteiger partial charge in [-0.1, -0.05) is 12.1 Å². The number of hydrogen-bond donors (Lipinski definition) is 9. The Morgan fingerprint density at radius 2 is 1.42 bits per heavy atom. The number of carbonyl (C=O) groups is 2. The summed E-state index contributed by atoms with van der Waals surface area (Å²) >= 11 is 0. The standard InChI is InChI=1S/C40H46O20/c1-17-29(48)34(56-26(46)10-6-19-4-8-22(44)24(14-19)52-2)35(57-27(47)9-5-18-3-7-21(43)23(45)13-18)39(54-17)58-33-20-11-12-53-37(28(20)40(16-42)36(33)60-40)59-38-32(51)31(50)30(49)25(15-41)55-38/h3-14,17,20,25,28-39,41-45,48-51H,15-16H2,1-2H3/b9-5+,10-6+/t17-,20-,25+,28+,29+,30+,31-,32-,33-,34-,35+,36-,37-,38-,39+,40+/m0/s1. The molecule has 4 heterocycles. The Kier molecular flexibility index (Phi) is 12.7. The molecule has 0 amide bonds. The number of rotatable bonds is 13. The average Bonchev–Trinajstić information content (AvgIpc) is 3.91. The van der Waals surface area contributed by atoms with Crippen LogP contribution in [0.2, 0.25) is 0 Å². The molecule has 4 fully saturated rings. The Balaban J connectivity index is 1.14. The molecule has 5 aliphatic rings. The van der Waals surface area contributed by atoms with Crippen molar-refractivity contribution in [2.24, 2.45) is 11.8 Å². The number of fused-ring (bicyclic) bond motifs is 3. The van der Waals surface area contributed by atoms with Crippen molar-refractivity contribution in [3.05, 3.63) is 72.0 Å². The molecule has 7 rings (SSSR count). The Bertz CT molecular complexity index is 1970. The van der Waals surface area contributed by atoms with Crippen LogP contribution in [0.3, 0.4) is 0 Å². The molecule has 9 N–H and O–H groups in total. The van der Waals surface area contributed by atoms with Crippen LogP contribution < -0.4 is 4.74 Å². The maximum Gasteiger partial charge on any atom is 0.331 e. The van der Waals surface area contributed by atoms with Gasteiger partial charge >= 0.3 is 11.9 Å². The zero-order valence-corrected chi connectivity index (χ0v) is 32.0. The van der Waals surface area contributed by atoms with Gasteiger partial charge < -0.3 is 88.6 Å². The number of epoxide rings is 1. The van der Waals surface area contributed by atoms with Gasteiger partial charge in [-0.15, -0.1) is 0 Å². The van der Waals surface area contributed by atoms with E-state index < -0.39 is 128 Å². The van der Waals surface area contributed by atoms with E-state index in [1.54, 1.807) is 6.08 Å². The smallest absolute Gasteiger partial charge is 0.331 e. The van der Waals surface area contributed by atoms with E-state index in [0.717, 1.165) is 12.2 Å². The van der Waals surface area contributed by atoms with Gasteiger partial charge in [0.1, 0.15) is 42.2 Å². The van der Waals surface area contributed by atoms with Crippen LogP contribution in [-0.2, 0) is 47.5 Å². The quantitative estimate of drug-likeness (QED) is 0.0501. The van der Waals surface area contributed by atoms with Crippen LogP contribution >= 0.6 is 0 Å². The molecule has 0 unspecified atom stereocenters. The maximum absolute atomic E-state index is 13.4. The molecule has 1 aliphatic carbocycles. The van der Waals surface area contributed by atoms with E-state index in [0.29, 0.717) is 11.1 Å². The first-order valence-corrected chi connectivity index (χ1v) is 18.9. The van der Waals surface area contributed by atoms with E-state index in [-0.39, 0.29) is 17.2 Å². The van der Waals surface area contributed by atoms with E-state index in [9.17, 15) is 55.5 Å². The molecule has 60 heavy (non-hydrogen) atoms. The zero-order chi connectivity index (χ0) is 43.0. The second-order valence-corrected chi connectivity index (χ2v) is 14.9. The summed E-state index contributed by atoms with van der Waals surface area (Å²) in [5.74, 6) is -4.37. The minimum Gasteiger partial charge on any atom is -0.504 e. The minimum absolute atomic E-state index is 0.127. The fourth-order valence-corrected chi connectivity index (χ4v) is 7.94. The first kappa shape index (κ1) is 43.3.